The van der Waals surface area contributed by atoms with Crippen LogP contribution in [0.1, 0.15) is 33.0 Å². The van der Waals surface area contributed by atoms with E-state index in [1.54, 1.807) is 6.20 Å². The molecule has 7 nitrogen and oxygen atoms in total. The molecule has 31 heavy (non-hydrogen) atoms. The van der Waals surface area contributed by atoms with Crippen molar-refractivity contribution >= 4 is 51.9 Å². The number of fused-ring (bicyclic) bond motifs is 1. The normalized spacial score (nSPS) is 14.3. The molecule has 5 rings (SSSR count). The first-order valence-corrected chi connectivity index (χ1v) is 10.7. The zero-order chi connectivity index (χ0) is 21.2. The van der Waals surface area contributed by atoms with E-state index in [4.69, 9.17) is 5.73 Å². The number of nitrogens with two attached hydrogens (primary N) is 1. The number of aromatic amines is 1. The van der Waals surface area contributed by atoms with E-state index in [1.165, 1.54) is 23.4 Å². The summed E-state index contributed by atoms with van der Waals surface area (Å²) in [5.41, 5.74) is 10.9. The van der Waals surface area contributed by atoms with Crippen LogP contribution in [0.3, 0.4) is 0 Å². The number of amides is 1. The molecule has 0 atom stereocenters. The van der Waals surface area contributed by atoms with Crippen molar-refractivity contribution in [1.82, 2.24) is 24.2 Å². The second kappa shape index (κ2) is 8.16. The lowest BCUT2D eigenvalue weighted by Gasteiger charge is -2.26. The number of anilines is 1. The molecule has 0 aliphatic carbocycles. The summed E-state index contributed by atoms with van der Waals surface area (Å²) in [5.74, 6) is 0.565. The summed E-state index contributed by atoms with van der Waals surface area (Å²) in [5, 5.41) is 1.78. The summed E-state index contributed by atoms with van der Waals surface area (Å²) in [4.78, 5) is 26.5. The lowest BCUT2D eigenvalue weighted by molar-refractivity contribution is 0.0773. The first-order chi connectivity index (χ1) is 15.2. The Morgan fingerprint density at radius 3 is 2.74 bits per heavy atom. The number of carbonyl (C=O) groups is 1. The number of aromatic nitrogens is 4. The van der Waals surface area contributed by atoms with Crippen molar-refractivity contribution in [2.45, 2.75) is 6.42 Å². The largest absolute Gasteiger partial charge is 0.383 e. The Kier molecular flexibility index (Phi) is 5.05. The number of nitrogen functional groups attached to an aromatic ring is 1. The molecular formula is C23H20N6OS. The molecule has 1 aliphatic rings. The second-order valence-electron chi connectivity index (χ2n) is 7.31. The highest BCUT2D eigenvalue weighted by atomic mass is 32.1. The first kappa shape index (κ1) is 19.2. The molecule has 3 aromatic heterocycles. The highest BCUT2D eigenvalue weighted by Crippen LogP contribution is 2.28. The SMILES string of the molecule is Nc1nccc2[nH]c(C3=CCN(C(=O)c4ccc(/C=C/c5ncns5)cc4)CC3)cc12. The monoisotopic (exact) mass is 428 g/mol. The minimum atomic E-state index is 0.0417. The number of pyridine rings is 1. The van der Waals surface area contributed by atoms with Gasteiger partial charge in [-0.3, -0.25) is 4.79 Å². The maximum Gasteiger partial charge on any atom is 0.254 e. The summed E-state index contributed by atoms with van der Waals surface area (Å²) in [6.45, 7) is 1.25. The lowest BCUT2D eigenvalue weighted by atomic mass is 10.0. The first-order valence-electron chi connectivity index (χ1n) is 9.94. The second-order valence-corrected chi connectivity index (χ2v) is 8.12. The average molecular weight is 429 g/mol. The number of H-pyrrole nitrogens is 1. The van der Waals surface area contributed by atoms with Crippen molar-refractivity contribution in [2.24, 2.45) is 0 Å². The summed E-state index contributed by atoms with van der Waals surface area (Å²) in [6, 6.07) is 11.6. The van der Waals surface area contributed by atoms with Gasteiger partial charge in [-0.2, -0.15) is 4.37 Å². The van der Waals surface area contributed by atoms with E-state index in [2.05, 4.69) is 25.4 Å². The fourth-order valence-corrected chi connectivity index (χ4v) is 4.11. The number of carbonyl (C=O) groups excluding carboxylic acids is 1. The van der Waals surface area contributed by atoms with Crippen LogP contribution in [0, 0.1) is 0 Å². The molecule has 0 unspecified atom stereocenters. The number of benzene rings is 1. The highest BCUT2D eigenvalue weighted by molar-refractivity contribution is 7.06. The van der Waals surface area contributed by atoms with Gasteiger partial charge in [-0.15, -0.1) is 0 Å². The molecule has 1 amide bonds. The zero-order valence-corrected chi connectivity index (χ0v) is 17.5. The van der Waals surface area contributed by atoms with Crippen molar-refractivity contribution in [3.05, 3.63) is 76.8 Å². The van der Waals surface area contributed by atoms with E-state index in [0.29, 0.717) is 24.5 Å². The van der Waals surface area contributed by atoms with Crippen molar-refractivity contribution in [2.75, 3.05) is 18.8 Å². The van der Waals surface area contributed by atoms with Gasteiger partial charge in [0.15, 0.2) is 0 Å². The maximum atomic E-state index is 12.9. The van der Waals surface area contributed by atoms with Gasteiger partial charge in [0.2, 0.25) is 0 Å². The molecule has 8 heteroatoms. The van der Waals surface area contributed by atoms with Gasteiger partial charge in [0, 0.05) is 35.9 Å². The molecule has 4 aromatic rings. The Hall–Kier alpha value is -3.78. The van der Waals surface area contributed by atoms with Crippen molar-refractivity contribution < 1.29 is 4.79 Å². The fourth-order valence-electron chi connectivity index (χ4n) is 3.69. The summed E-state index contributed by atoms with van der Waals surface area (Å²) in [7, 11) is 0. The van der Waals surface area contributed by atoms with Gasteiger partial charge in [-0.1, -0.05) is 24.3 Å². The Bertz CT molecular complexity index is 1290. The third-order valence-corrected chi connectivity index (χ3v) is 6.00. The van der Waals surface area contributed by atoms with E-state index >= 15 is 0 Å². The van der Waals surface area contributed by atoms with E-state index in [9.17, 15) is 4.79 Å². The van der Waals surface area contributed by atoms with Crippen LogP contribution in [0.4, 0.5) is 5.82 Å². The lowest BCUT2D eigenvalue weighted by Crippen LogP contribution is -2.34. The standard InChI is InChI=1S/C23H20N6OS/c24-22-18-13-20(28-19(18)7-10-25-22)16-8-11-29(12-9-16)23(30)17-4-1-15(2-5-17)3-6-21-26-14-27-31-21/h1-8,10,13-14,28H,9,11-12H2,(H2,24,25)/b6-3+. The molecule has 0 saturated carbocycles. The average Bonchev–Trinajstić information content (AvgIpc) is 3.48. The molecule has 0 bridgehead atoms. The topological polar surface area (TPSA) is 101 Å². The van der Waals surface area contributed by atoms with Gasteiger partial charge in [0.1, 0.15) is 17.2 Å². The van der Waals surface area contributed by atoms with Gasteiger partial charge in [-0.05, 0) is 59.4 Å². The minimum absolute atomic E-state index is 0.0417. The molecule has 0 saturated heterocycles. The summed E-state index contributed by atoms with van der Waals surface area (Å²) in [6.07, 6.45) is 10.0. The Labute approximate surface area is 183 Å². The van der Waals surface area contributed by atoms with Gasteiger partial charge < -0.3 is 15.6 Å². The Morgan fingerprint density at radius 1 is 1.16 bits per heavy atom. The summed E-state index contributed by atoms with van der Waals surface area (Å²) >= 11 is 1.34. The van der Waals surface area contributed by atoms with Crippen molar-refractivity contribution in [1.29, 1.82) is 0 Å². The van der Waals surface area contributed by atoms with E-state index in [1.807, 2.05) is 53.5 Å². The van der Waals surface area contributed by atoms with Gasteiger partial charge in [-0.25, -0.2) is 9.97 Å². The maximum absolute atomic E-state index is 12.9. The van der Waals surface area contributed by atoms with Crippen LogP contribution >= 0.6 is 11.5 Å². The highest BCUT2D eigenvalue weighted by Gasteiger charge is 2.20. The Morgan fingerprint density at radius 2 is 2.03 bits per heavy atom. The molecule has 1 aromatic carbocycles. The van der Waals surface area contributed by atoms with Gasteiger partial charge in [0.05, 0.1) is 5.52 Å². The van der Waals surface area contributed by atoms with Crippen LogP contribution < -0.4 is 5.73 Å². The smallest absolute Gasteiger partial charge is 0.254 e. The molecule has 3 N–H and O–H groups in total. The van der Waals surface area contributed by atoms with Gasteiger partial charge >= 0.3 is 0 Å². The molecule has 154 valence electrons. The molecule has 1 aliphatic heterocycles. The Balaban J connectivity index is 1.26. The zero-order valence-electron chi connectivity index (χ0n) is 16.7. The van der Waals surface area contributed by atoms with Crippen LogP contribution in [0.2, 0.25) is 0 Å². The van der Waals surface area contributed by atoms with E-state index in [0.717, 1.165) is 33.6 Å². The number of nitrogens with one attached hydrogen (secondary N) is 1. The number of nitrogens with zero attached hydrogens (tertiary/aromatic N) is 4. The number of rotatable bonds is 4. The van der Waals surface area contributed by atoms with Crippen LogP contribution in [0.25, 0.3) is 28.6 Å². The minimum Gasteiger partial charge on any atom is -0.383 e. The molecule has 0 spiro atoms. The van der Waals surface area contributed by atoms with Crippen LogP contribution in [-0.4, -0.2) is 43.2 Å². The number of hydrogen-bond donors (Lipinski definition) is 2. The van der Waals surface area contributed by atoms with E-state index < -0.39 is 0 Å². The quantitative estimate of drug-likeness (QED) is 0.510. The van der Waals surface area contributed by atoms with Crippen LogP contribution in [-0.2, 0) is 0 Å². The summed E-state index contributed by atoms with van der Waals surface area (Å²) < 4.78 is 3.98. The van der Waals surface area contributed by atoms with Crippen LogP contribution in [0.15, 0.2) is 55.0 Å². The molecule has 0 radical (unpaired) electrons. The van der Waals surface area contributed by atoms with Crippen LogP contribution in [0.5, 0.6) is 0 Å². The van der Waals surface area contributed by atoms with E-state index in [-0.39, 0.29) is 5.91 Å². The molecular weight excluding hydrogens is 408 g/mol. The number of hydrogen-bond acceptors (Lipinski definition) is 6. The van der Waals surface area contributed by atoms with Gasteiger partial charge in [0.25, 0.3) is 5.91 Å². The van der Waals surface area contributed by atoms with Crippen molar-refractivity contribution in [3.8, 4) is 0 Å². The predicted molar refractivity (Wildman–Crippen MR) is 124 cm³/mol. The predicted octanol–water partition coefficient (Wildman–Crippen LogP) is 4.10. The molecule has 4 heterocycles. The molecule has 0 fully saturated rings. The van der Waals surface area contributed by atoms with Crippen molar-refractivity contribution in [3.63, 3.8) is 0 Å². The third-order valence-electron chi connectivity index (χ3n) is 5.38. The third kappa shape index (κ3) is 3.97. The fraction of sp³-hybridized carbons (Fsp3) is 0.130.